The van der Waals surface area contributed by atoms with Gasteiger partial charge in [-0.15, -0.1) is 0 Å². The molecular formula is C34H32FN3O5S. The minimum atomic E-state index is -4.05. The lowest BCUT2D eigenvalue weighted by Gasteiger charge is -2.37. The number of ether oxygens (including phenoxy) is 1. The Labute approximate surface area is 255 Å². The summed E-state index contributed by atoms with van der Waals surface area (Å²) >= 11 is 0. The third kappa shape index (κ3) is 5.53. The first-order valence-corrected chi connectivity index (χ1v) is 15.9. The number of amides is 1. The SMILES string of the molecule is Cc1cccc(C(=O)N2c3cccc(O)c3NC3=C([C@H]2c2ccc(OCc4ccccc4)cc2F)S(=O)(=O)CC(C)(C)C3)n1. The molecule has 8 nitrogen and oxygen atoms in total. The van der Waals surface area contributed by atoms with Gasteiger partial charge in [0.1, 0.15) is 41.3 Å². The maximum absolute atomic E-state index is 16.3. The van der Waals surface area contributed by atoms with Crippen LogP contribution in [0.4, 0.5) is 15.8 Å². The number of carbonyl (C=O) groups excluding carboxylic acids is 1. The minimum absolute atomic E-state index is 0.0353. The highest BCUT2D eigenvalue weighted by atomic mass is 32.2. The number of aromatic nitrogens is 1. The van der Waals surface area contributed by atoms with Crippen molar-refractivity contribution in [2.75, 3.05) is 16.0 Å². The van der Waals surface area contributed by atoms with Crippen molar-refractivity contribution in [3.05, 3.63) is 124 Å². The zero-order valence-corrected chi connectivity index (χ0v) is 25.4. The molecule has 0 unspecified atom stereocenters. The number of rotatable bonds is 5. The predicted octanol–water partition coefficient (Wildman–Crippen LogP) is 6.68. The van der Waals surface area contributed by atoms with E-state index in [2.05, 4.69) is 10.3 Å². The van der Waals surface area contributed by atoms with E-state index in [0.717, 1.165) is 5.56 Å². The van der Waals surface area contributed by atoms with Gasteiger partial charge in [-0.25, -0.2) is 17.8 Å². The minimum Gasteiger partial charge on any atom is -0.506 e. The number of anilines is 2. The Balaban J connectivity index is 1.56. The fraction of sp³-hybridized carbons (Fsp3) is 0.235. The van der Waals surface area contributed by atoms with E-state index >= 15 is 4.39 Å². The first-order valence-electron chi connectivity index (χ1n) is 14.2. The molecule has 3 aromatic carbocycles. The summed E-state index contributed by atoms with van der Waals surface area (Å²) in [5.41, 5.74) is 1.47. The van der Waals surface area contributed by atoms with E-state index < -0.39 is 33.0 Å². The van der Waals surface area contributed by atoms with E-state index in [-0.39, 0.29) is 57.8 Å². The molecule has 44 heavy (non-hydrogen) atoms. The molecule has 0 saturated heterocycles. The van der Waals surface area contributed by atoms with Crippen molar-refractivity contribution in [3.8, 4) is 11.5 Å². The summed E-state index contributed by atoms with van der Waals surface area (Å²) in [6, 6.07) is 21.8. The number of aryl methyl sites for hydroxylation is 1. The molecule has 0 radical (unpaired) electrons. The normalized spacial score (nSPS) is 18.5. The maximum atomic E-state index is 16.3. The van der Waals surface area contributed by atoms with Crippen LogP contribution in [-0.4, -0.2) is 30.2 Å². The first-order chi connectivity index (χ1) is 20.9. The van der Waals surface area contributed by atoms with Crippen LogP contribution in [0, 0.1) is 18.2 Å². The van der Waals surface area contributed by atoms with E-state index in [9.17, 15) is 18.3 Å². The summed E-state index contributed by atoms with van der Waals surface area (Å²) in [6.07, 6.45) is 0.288. The lowest BCUT2D eigenvalue weighted by atomic mass is 9.88. The van der Waals surface area contributed by atoms with Gasteiger partial charge in [0.05, 0.1) is 16.3 Å². The van der Waals surface area contributed by atoms with Gasteiger partial charge >= 0.3 is 0 Å². The standard InChI is InChI=1S/C34H32FN3O5S/c1-21-9-7-12-26(36-21)33(40)38-28-13-8-14-29(39)30(28)37-27-18-34(2,3)20-44(41,42)32(27)31(38)24-16-15-23(17-25(24)35)43-19-22-10-5-4-6-11-22/h4-17,31,37,39H,18-20H2,1-3H3/t31-/m1/s1. The number of fused-ring (bicyclic) bond motifs is 1. The van der Waals surface area contributed by atoms with E-state index in [1.807, 2.05) is 44.2 Å². The predicted molar refractivity (Wildman–Crippen MR) is 167 cm³/mol. The van der Waals surface area contributed by atoms with Crippen LogP contribution in [0.3, 0.4) is 0 Å². The highest BCUT2D eigenvalue weighted by Gasteiger charge is 2.48. The van der Waals surface area contributed by atoms with Crippen LogP contribution in [0.15, 0.2) is 95.5 Å². The van der Waals surface area contributed by atoms with Crippen molar-refractivity contribution in [2.24, 2.45) is 5.41 Å². The van der Waals surface area contributed by atoms with E-state index in [1.165, 1.54) is 29.2 Å². The van der Waals surface area contributed by atoms with Crippen molar-refractivity contribution < 1.29 is 27.4 Å². The van der Waals surface area contributed by atoms with Gasteiger partial charge in [-0.1, -0.05) is 56.3 Å². The van der Waals surface area contributed by atoms with Crippen molar-refractivity contribution in [2.45, 2.75) is 39.8 Å². The summed E-state index contributed by atoms with van der Waals surface area (Å²) in [6.45, 7) is 5.61. The third-order valence-corrected chi connectivity index (χ3v) is 10.1. The van der Waals surface area contributed by atoms with Gasteiger partial charge < -0.3 is 15.2 Å². The number of hydrogen-bond acceptors (Lipinski definition) is 7. The van der Waals surface area contributed by atoms with Crippen molar-refractivity contribution in [1.82, 2.24) is 4.98 Å². The van der Waals surface area contributed by atoms with Crippen molar-refractivity contribution in [3.63, 3.8) is 0 Å². The largest absolute Gasteiger partial charge is 0.506 e. The highest BCUT2D eigenvalue weighted by Crippen LogP contribution is 2.52. The fourth-order valence-corrected chi connectivity index (χ4v) is 8.31. The second kappa shape index (κ2) is 11.1. The average Bonchev–Trinajstić information content (AvgIpc) is 3.11. The number of carbonyl (C=O) groups is 1. The molecule has 1 atom stereocenters. The highest BCUT2D eigenvalue weighted by molar-refractivity contribution is 7.95. The van der Waals surface area contributed by atoms with Crippen LogP contribution in [-0.2, 0) is 16.4 Å². The summed E-state index contributed by atoms with van der Waals surface area (Å²) in [5.74, 6) is -1.53. The number of hydrogen-bond donors (Lipinski definition) is 2. The molecule has 1 amide bonds. The molecule has 2 N–H and O–H groups in total. The molecule has 1 aromatic heterocycles. The van der Waals surface area contributed by atoms with Crippen LogP contribution in [0.2, 0.25) is 0 Å². The number of nitrogens with one attached hydrogen (secondary N) is 1. The summed E-state index contributed by atoms with van der Waals surface area (Å²) in [4.78, 5) is 19.9. The summed E-state index contributed by atoms with van der Waals surface area (Å²) in [5, 5.41) is 14.1. The fourth-order valence-electron chi connectivity index (χ4n) is 5.95. The molecular weight excluding hydrogens is 581 g/mol. The van der Waals surface area contributed by atoms with Crippen LogP contribution in [0.25, 0.3) is 0 Å². The molecule has 226 valence electrons. The molecule has 3 heterocycles. The monoisotopic (exact) mass is 613 g/mol. The number of benzene rings is 3. The zero-order valence-electron chi connectivity index (χ0n) is 24.5. The van der Waals surface area contributed by atoms with E-state index in [1.54, 1.807) is 37.3 Å². The maximum Gasteiger partial charge on any atom is 0.277 e. The van der Waals surface area contributed by atoms with Crippen LogP contribution < -0.4 is 15.0 Å². The van der Waals surface area contributed by atoms with Crippen LogP contribution in [0.1, 0.15) is 53.6 Å². The molecule has 0 saturated carbocycles. The average molecular weight is 614 g/mol. The number of halogens is 1. The number of para-hydroxylation sites is 1. The molecule has 0 aliphatic carbocycles. The molecule has 0 spiro atoms. The molecule has 0 bridgehead atoms. The Morgan fingerprint density at radius 3 is 2.55 bits per heavy atom. The molecule has 10 heteroatoms. The van der Waals surface area contributed by atoms with Gasteiger partial charge in [-0.05, 0) is 60.7 Å². The number of pyridine rings is 1. The first kappa shape index (κ1) is 29.4. The summed E-state index contributed by atoms with van der Waals surface area (Å²) < 4.78 is 50.4. The Kier molecular flexibility index (Phi) is 7.41. The Morgan fingerprint density at radius 2 is 1.82 bits per heavy atom. The Bertz CT molecular complexity index is 1910. The number of sulfone groups is 1. The van der Waals surface area contributed by atoms with Gasteiger partial charge in [-0.2, -0.15) is 0 Å². The third-order valence-electron chi connectivity index (χ3n) is 7.77. The molecule has 6 rings (SSSR count). The Hall–Kier alpha value is -4.70. The van der Waals surface area contributed by atoms with Gasteiger partial charge in [0.15, 0.2) is 9.84 Å². The molecule has 0 fully saturated rings. The van der Waals surface area contributed by atoms with Gasteiger partial charge in [0.25, 0.3) is 5.91 Å². The molecule has 2 aliphatic heterocycles. The molecule has 2 aliphatic rings. The van der Waals surface area contributed by atoms with Gasteiger partial charge in [-0.3, -0.25) is 9.69 Å². The van der Waals surface area contributed by atoms with E-state index in [4.69, 9.17) is 4.74 Å². The topological polar surface area (TPSA) is 109 Å². The number of phenolic OH excluding ortho intramolecular Hbond substituents is 1. The smallest absolute Gasteiger partial charge is 0.277 e. The lowest BCUT2D eigenvalue weighted by molar-refractivity contribution is 0.0975. The van der Waals surface area contributed by atoms with Gasteiger partial charge in [0.2, 0.25) is 0 Å². The van der Waals surface area contributed by atoms with Crippen LogP contribution in [0.5, 0.6) is 11.5 Å². The zero-order chi connectivity index (χ0) is 31.2. The molecule has 4 aromatic rings. The van der Waals surface area contributed by atoms with Gasteiger partial charge in [0, 0.05) is 23.0 Å². The number of allylic oxidation sites excluding steroid dienone is 1. The lowest BCUT2D eigenvalue weighted by Crippen LogP contribution is -2.41. The van der Waals surface area contributed by atoms with Crippen molar-refractivity contribution >= 4 is 27.1 Å². The number of nitrogens with zero attached hydrogens (tertiary/aromatic N) is 2. The van der Waals surface area contributed by atoms with E-state index in [0.29, 0.717) is 11.4 Å². The second-order valence-corrected chi connectivity index (χ2v) is 13.9. The van der Waals surface area contributed by atoms with Crippen LogP contribution >= 0.6 is 0 Å². The van der Waals surface area contributed by atoms with Crippen molar-refractivity contribution in [1.29, 1.82) is 0 Å². The number of aromatic hydroxyl groups is 1. The quantitative estimate of drug-likeness (QED) is 0.242. The Morgan fingerprint density at radius 1 is 1.07 bits per heavy atom. The second-order valence-electron chi connectivity index (χ2n) is 11.9. The summed E-state index contributed by atoms with van der Waals surface area (Å²) in [7, 11) is -4.05. The number of phenols is 1.